The van der Waals surface area contributed by atoms with Crippen LogP contribution < -0.4 is 5.73 Å². The second-order valence-electron chi connectivity index (χ2n) is 6.25. The van der Waals surface area contributed by atoms with Crippen LogP contribution in [0.5, 0.6) is 0 Å². The maximum absolute atomic E-state index is 12.6. The Morgan fingerprint density at radius 2 is 2.11 bits per heavy atom. The van der Waals surface area contributed by atoms with Gasteiger partial charge in [-0.2, -0.15) is 0 Å². The van der Waals surface area contributed by atoms with E-state index in [0.29, 0.717) is 23.7 Å². The quantitative estimate of drug-likeness (QED) is 0.814. The predicted molar refractivity (Wildman–Crippen MR) is 73.5 cm³/mol. The first-order valence-corrected chi connectivity index (χ1v) is 6.80. The summed E-state index contributed by atoms with van der Waals surface area (Å²) in [5, 5.41) is 10.4. The van der Waals surface area contributed by atoms with Gasteiger partial charge in [-0.05, 0) is 44.2 Å². The zero-order chi connectivity index (χ0) is 13.8. The standard InChI is InChI=1S/C15H20N2O2/c1-15(2,19)13(9-6-7-9)17-8-10-4-3-5-11(16)12(10)14(17)18/h3-5,9,13,19H,6-8,16H2,1-2H3. The molecule has 1 fully saturated rings. The van der Waals surface area contributed by atoms with Gasteiger partial charge in [0, 0.05) is 12.2 Å². The summed E-state index contributed by atoms with van der Waals surface area (Å²) in [6, 6.07) is 5.46. The average Bonchev–Trinajstić information content (AvgIpc) is 3.04. The van der Waals surface area contributed by atoms with Crippen molar-refractivity contribution in [1.29, 1.82) is 0 Å². The van der Waals surface area contributed by atoms with Gasteiger partial charge in [0.15, 0.2) is 0 Å². The van der Waals surface area contributed by atoms with Crippen LogP contribution >= 0.6 is 0 Å². The predicted octanol–water partition coefficient (Wildman–Crippen LogP) is 1.77. The van der Waals surface area contributed by atoms with E-state index in [1.807, 2.05) is 12.1 Å². The van der Waals surface area contributed by atoms with E-state index in [1.54, 1.807) is 24.8 Å². The van der Waals surface area contributed by atoms with Crippen LogP contribution in [0.15, 0.2) is 18.2 Å². The highest BCUT2D eigenvalue weighted by molar-refractivity contribution is 6.03. The molecule has 1 heterocycles. The lowest BCUT2D eigenvalue weighted by atomic mass is 9.93. The largest absolute Gasteiger partial charge is 0.398 e. The highest BCUT2D eigenvalue weighted by Gasteiger charge is 2.47. The summed E-state index contributed by atoms with van der Waals surface area (Å²) in [6.45, 7) is 4.13. The van der Waals surface area contributed by atoms with Crippen LogP contribution in [-0.4, -0.2) is 27.6 Å². The van der Waals surface area contributed by atoms with Crippen molar-refractivity contribution in [3.8, 4) is 0 Å². The molecule has 2 aliphatic rings. The first kappa shape index (κ1) is 12.5. The number of aliphatic hydroxyl groups is 1. The van der Waals surface area contributed by atoms with Crippen molar-refractivity contribution in [2.75, 3.05) is 5.73 Å². The van der Waals surface area contributed by atoms with Gasteiger partial charge in [-0.25, -0.2) is 0 Å². The Kier molecular flexibility index (Phi) is 2.61. The highest BCUT2D eigenvalue weighted by Crippen LogP contribution is 2.43. The molecule has 3 N–H and O–H groups in total. The summed E-state index contributed by atoms with van der Waals surface area (Å²) in [6.07, 6.45) is 2.18. The van der Waals surface area contributed by atoms with Gasteiger partial charge < -0.3 is 15.7 Å². The Bertz CT molecular complexity index is 529. The molecule has 4 heteroatoms. The molecule has 1 saturated carbocycles. The maximum atomic E-state index is 12.6. The fourth-order valence-corrected chi connectivity index (χ4v) is 3.26. The van der Waals surface area contributed by atoms with E-state index in [-0.39, 0.29) is 11.9 Å². The molecule has 1 aliphatic heterocycles. The number of benzene rings is 1. The van der Waals surface area contributed by atoms with Crippen LogP contribution in [0.1, 0.15) is 42.6 Å². The van der Waals surface area contributed by atoms with E-state index in [1.165, 1.54) is 0 Å². The van der Waals surface area contributed by atoms with E-state index in [9.17, 15) is 9.90 Å². The molecule has 4 nitrogen and oxygen atoms in total. The molecule has 0 radical (unpaired) electrons. The summed E-state index contributed by atoms with van der Waals surface area (Å²) >= 11 is 0. The first-order chi connectivity index (χ1) is 8.89. The third-order valence-electron chi connectivity index (χ3n) is 4.13. The summed E-state index contributed by atoms with van der Waals surface area (Å²) in [5.74, 6) is 0.381. The number of nitrogens with two attached hydrogens (primary N) is 1. The number of nitrogen functional groups attached to an aromatic ring is 1. The van der Waals surface area contributed by atoms with Gasteiger partial charge >= 0.3 is 0 Å². The normalized spacial score (nSPS) is 20.6. The van der Waals surface area contributed by atoms with Gasteiger partial charge in [0.1, 0.15) is 0 Å². The SMILES string of the molecule is CC(C)(O)C(C1CC1)N1Cc2cccc(N)c2C1=O. The number of carbonyl (C=O) groups excluding carboxylic acids is 1. The number of rotatable bonds is 3. The van der Waals surface area contributed by atoms with E-state index >= 15 is 0 Å². The van der Waals surface area contributed by atoms with Crippen molar-refractivity contribution in [3.63, 3.8) is 0 Å². The summed E-state index contributed by atoms with van der Waals surface area (Å²) in [5.41, 5.74) is 7.17. The van der Waals surface area contributed by atoms with Gasteiger partial charge in [-0.1, -0.05) is 12.1 Å². The van der Waals surface area contributed by atoms with E-state index in [0.717, 1.165) is 18.4 Å². The van der Waals surface area contributed by atoms with Gasteiger partial charge in [-0.15, -0.1) is 0 Å². The van der Waals surface area contributed by atoms with Crippen LogP contribution in [0.4, 0.5) is 5.69 Å². The molecule has 19 heavy (non-hydrogen) atoms. The molecule has 1 aromatic rings. The van der Waals surface area contributed by atoms with Gasteiger partial charge in [0.2, 0.25) is 0 Å². The zero-order valence-corrected chi connectivity index (χ0v) is 11.4. The number of amides is 1. The minimum Gasteiger partial charge on any atom is -0.398 e. The number of hydrogen-bond acceptors (Lipinski definition) is 3. The number of hydrogen-bond donors (Lipinski definition) is 2. The second kappa shape index (κ2) is 3.97. The summed E-state index contributed by atoms with van der Waals surface area (Å²) in [4.78, 5) is 14.4. The molecule has 0 bridgehead atoms. The van der Waals surface area contributed by atoms with Crippen molar-refractivity contribution < 1.29 is 9.90 Å². The van der Waals surface area contributed by atoms with Crippen LogP contribution in [0.25, 0.3) is 0 Å². The lowest BCUT2D eigenvalue weighted by Gasteiger charge is -2.37. The van der Waals surface area contributed by atoms with Gasteiger partial charge in [0.25, 0.3) is 5.91 Å². The molecule has 0 saturated heterocycles. The average molecular weight is 260 g/mol. The molecular formula is C15H20N2O2. The van der Waals surface area contributed by atoms with Gasteiger partial charge in [-0.3, -0.25) is 4.79 Å². The first-order valence-electron chi connectivity index (χ1n) is 6.80. The van der Waals surface area contributed by atoms with Crippen molar-refractivity contribution >= 4 is 11.6 Å². The molecule has 1 amide bonds. The Balaban J connectivity index is 1.97. The third kappa shape index (κ3) is 2.00. The zero-order valence-electron chi connectivity index (χ0n) is 11.4. The fourth-order valence-electron chi connectivity index (χ4n) is 3.26. The number of fused-ring (bicyclic) bond motifs is 1. The maximum Gasteiger partial charge on any atom is 0.256 e. The van der Waals surface area contributed by atoms with Crippen LogP contribution in [0.3, 0.4) is 0 Å². The molecule has 102 valence electrons. The van der Waals surface area contributed by atoms with E-state index < -0.39 is 5.60 Å². The lowest BCUT2D eigenvalue weighted by Crippen LogP contribution is -2.51. The van der Waals surface area contributed by atoms with Crippen molar-refractivity contribution in [2.24, 2.45) is 5.92 Å². The van der Waals surface area contributed by atoms with Crippen LogP contribution in [0, 0.1) is 5.92 Å². The van der Waals surface area contributed by atoms with E-state index in [4.69, 9.17) is 5.73 Å². The Hall–Kier alpha value is -1.55. The number of anilines is 1. The molecule has 1 atom stereocenters. The molecule has 0 aromatic heterocycles. The summed E-state index contributed by atoms with van der Waals surface area (Å²) in [7, 11) is 0. The fraction of sp³-hybridized carbons (Fsp3) is 0.533. The monoisotopic (exact) mass is 260 g/mol. The number of nitrogens with zero attached hydrogens (tertiary/aromatic N) is 1. The van der Waals surface area contributed by atoms with Crippen molar-refractivity contribution in [1.82, 2.24) is 4.90 Å². The topological polar surface area (TPSA) is 66.6 Å². The summed E-state index contributed by atoms with van der Waals surface area (Å²) < 4.78 is 0. The molecule has 3 rings (SSSR count). The molecule has 1 unspecified atom stereocenters. The third-order valence-corrected chi connectivity index (χ3v) is 4.13. The molecular weight excluding hydrogens is 240 g/mol. The Labute approximate surface area is 113 Å². The Morgan fingerprint density at radius 3 is 2.63 bits per heavy atom. The van der Waals surface area contributed by atoms with Crippen LogP contribution in [-0.2, 0) is 6.54 Å². The molecule has 1 aliphatic carbocycles. The number of carbonyl (C=O) groups is 1. The van der Waals surface area contributed by atoms with Gasteiger partial charge in [0.05, 0.1) is 17.2 Å². The molecule has 1 aromatic carbocycles. The van der Waals surface area contributed by atoms with E-state index in [2.05, 4.69) is 0 Å². The second-order valence-corrected chi connectivity index (χ2v) is 6.25. The lowest BCUT2D eigenvalue weighted by molar-refractivity contribution is -0.0223. The van der Waals surface area contributed by atoms with Crippen molar-refractivity contribution in [3.05, 3.63) is 29.3 Å². The van der Waals surface area contributed by atoms with Crippen LogP contribution in [0.2, 0.25) is 0 Å². The smallest absolute Gasteiger partial charge is 0.256 e. The highest BCUT2D eigenvalue weighted by atomic mass is 16.3. The van der Waals surface area contributed by atoms with Crippen molar-refractivity contribution in [2.45, 2.75) is 44.9 Å². The Morgan fingerprint density at radius 1 is 1.42 bits per heavy atom. The molecule has 0 spiro atoms. The minimum atomic E-state index is -0.881. The minimum absolute atomic E-state index is 0.0351.